The highest BCUT2D eigenvalue weighted by atomic mass is 35.5. The maximum Gasteiger partial charge on any atom is 0.268 e. The molecule has 1 aliphatic carbocycles. The molecule has 2 N–H and O–H groups in total. The summed E-state index contributed by atoms with van der Waals surface area (Å²) < 4.78 is 48.7. The van der Waals surface area contributed by atoms with Gasteiger partial charge in [0.25, 0.3) is 11.8 Å². The van der Waals surface area contributed by atoms with Crippen molar-refractivity contribution in [1.29, 1.82) is 0 Å². The molecule has 2 aliphatic rings. The summed E-state index contributed by atoms with van der Waals surface area (Å²) in [7, 11) is 1.44. The highest BCUT2D eigenvalue weighted by molar-refractivity contribution is 6.21. The average molecular weight is 574 g/mol. The summed E-state index contributed by atoms with van der Waals surface area (Å²) in [5, 5.41) is 13.7. The van der Waals surface area contributed by atoms with E-state index in [1.54, 1.807) is 18.2 Å². The van der Waals surface area contributed by atoms with Crippen LogP contribution < -0.4 is 15.0 Å². The number of anilines is 1. The van der Waals surface area contributed by atoms with E-state index in [9.17, 15) is 27.9 Å². The number of rotatable bonds is 7. The first-order valence-electron chi connectivity index (χ1n) is 12.8. The zero-order valence-electron chi connectivity index (χ0n) is 21.4. The second-order valence-corrected chi connectivity index (χ2v) is 10.6. The molecule has 5 rings (SSSR count). The highest BCUT2D eigenvalue weighted by Crippen LogP contribution is 2.48. The highest BCUT2D eigenvalue weighted by Gasteiger charge is 2.53. The fraction of sp³-hybridized carbons (Fsp3) is 0.345. The van der Waals surface area contributed by atoms with Crippen LogP contribution in [0, 0.1) is 17.7 Å². The Hall–Kier alpha value is -3.63. The van der Waals surface area contributed by atoms with Gasteiger partial charge >= 0.3 is 0 Å². The van der Waals surface area contributed by atoms with Gasteiger partial charge in [-0.05, 0) is 49.1 Å². The average Bonchev–Trinajstić information content (AvgIpc) is 3.16. The van der Waals surface area contributed by atoms with Gasteiger partial charge in [-0.2, -0.15) is 0 Å². The number of hydrogen-bond donors (Lipinski definition) is 2. The van der Waals surface area contributed by atoms with Gasteiger partial charge in [-0.3, -0.25) is 14.6 Å². The number of nitrogens with one attached hydrogen (secondary N) is 1. The molecule has 0 unspecified atom stereocenters. The largest absolute Gasteiger partial charge is 0.497 e. The third-order valence-corrected chi connectivity index (χ3v) is 8.30. The van der Waals surface area contributed by atoms with Crippen LogP contribution in [0.2, 0.25) is 0 Å². The number of carbonyl (C=O) groups excluding carboxylic acids is 2. The molecular weight excluding hydrogens is 547 g/mol. The van der Waals surface area contributed by atoms with Gasteiger partial charge in [-0.25, -0.2) is 13.2 Å². The lowest BCUT2D eigenvalue weighted by atomic mass is 9.77. The van der Waals surface area contributed by atoms with Crippen LogP contribution in [-0.4, -0.2) is 53.4 Å². The second kappa shape index (κ2) is 11.1. The quantitative estimate of drug-likeness (QED) is 0.406. The lowest BCUT2D eigenvalue weighted by Crippen LogP contribution is -2.52. The molecule has 2 aromatic carbocycles. The lowest BCUT2D eigenvalue weighted by Gasteiger charge is -2.40. The Balaban J connectivity index is 1.43. The van der Waals surface area contributed by atoms with Gasteiger partial charge in [0.05, 0.1) is 18.4 Å². The summed E-state index contributed by atoms with van der Waals surface area (Å²) in [6, 6.07) is 12.2. The molecule has 1 aliphatic heterocycles. The molecule has 1 fully saturated rings. The van der Waals surface area contributed by atoms with Crippen molar-refractivity contribution in [1.82, 2.24) is 10.3 Å². The fourth-order valence-corrected chi connectivity index (χ4v) is 6.05. The van der Waals surface area contributed by atoms with E-state index < -0.39 is 52.9 Å². The minimum absolute atomic E-state index is 0.0395. The van der Waals surface area contributed by atoms with E-state index in [0.29, 0.717) is 5.75 Å². The Kier molecular flexibility index (Phi) is 7.74. The van der Waals surface area contributed by atoms with Crippen molar-refractivity contribution in [3.05, 3.63) is 89.5 Å². The van der Waals surface area contributed by atoms with Gasteiger partial charge < -0.3 is 20.1 Å². The SMILES string of the molecule is COc1ccc2c(c1)N(C[C@H]1C[C@@H](C(F)F)[C@H](NC(=O)c3cccnc3)C[C@H]1Cl)C(=O)[C@]2(O)c1ccccc1F. The molecule has 5 atom stereocenters. The number of aliphatic hydroxyl groups is 1. The second-order valence-electron chi connectivity index (χ2n) is 10.1. The van der Waals surface area contributed by atoms with Crippen LogP contribution in [0.15, 0.2) is 67.0 Å². The summed E-state index contributed by atoms with van der Waals surface area (Å²) in [6.07, 6.45) is 0.0306. The molecule has 0 bridgehead atoms. The molecule has 11 heteroatoms. The lowest BCUT2D eigenvalue weighted by molar-refractivity contribution is -0.132. The number of carbonyl (C=O) groups is 2. The van der Waals surface area contributed by atoms with Crippen molar-refractivity contribution < 1.29 is 32.6 Å². The molecule has 40 heavy (non-hydrogen) atoms. The third-order valence-electron chi connectivity index (χ3n) is 7.77. The molecule has 7 nitrogen and oxygen atoms in total. The molecule has 210 valence electrons. The number of ether oxygens (including phenoxy) is 1. The maximum absolute atomic E-state index is 14.9. The molecule has 2 heterocycles. The molecule has 2 amide bonds. The monoisotopic (exact) mass is 573 g/mol. The number of methoxy groups -OCH3 is 1. The number of amides is 2. The van der Waals surface area contributed by atoms with Crippen LogP contribution in [0.3, 0.4) is 0 Å². The van der Waals surface area contributed by atoms with Crippen LogP contribution in [0.5, 0.6) is 5.75 Å². The standard InChI is InChI=1S/C29H27ClF3N3O4/c1-40-18-8-9-21-25(12-18)36(28(38)29(21,39)20-6-2-3-7-23(20)31)15-17-11-19(26(32)33)24(13-22(17)30)35-27(37)16-5-4-10-34-14-16/h2-10,12,14,17,19,22,24,26,39H,11,13,15H2,1H3,(H,35,37)/t17-,19-,22-,24-,29+/m1/s1. The Morgan fingerprint density at radius 1 is 1.20 bits per heavy atom. The van der Waals surface area contributed by atoms with Crippen molar-refractivity contribution in [2.75, 3.05) is 18.6 Å². The zero-order valence-corrected chi connectivity index (χ0v) is 22.2. The summed E-state index contributed by atoms with van der Waals surface area (Å²) in [6.45, 7) is -0.101. The normalized spacial score (nSPS) is 26.1. The summed E-state index contributed by atoms with van der Waals surface area (Å²) in [5.74, 6) is -3.56. The van der Waals surface area contributed by atoms with Crippen LogP contribution in [0.4, 0.5) is 18.9 Å². The minimum atomic E-state index is -2.76. The van der Waals surface area contributed by atoms with Gasteiger partial charge in [0.2, 0.25) is 6.43 Å². The molecule has 1 aromatic heterocycles. The predicted octanol–water partition coefficient (Wildman–Crippen LogP) is 4.51. The van der Waals surface area contributed by atoms with E-state index in [2.05, 4.69) is 10.3 Å². The van der Waals surface area contributed by atoms with Gasteiger partial charge in [-0.15, -0.1) is 11.6 Å². The van der Waals surface area contributed by atoms with Gasteiger partial charge in [0, 0.05) is 53.5 Å². The minimum Gasteiger partial charge on any atom is -0.497 e. The predicted molar refractivity (Wildman–Crippen MR) is 142 cm³/mol. The van der Waals surface area contributed by atoms with E-state index in [1.807, 2.05) is 0 Å². The van der Waals surface area contributed by atoms with Crippen LogP contribution >= 0.6 is 11.6 Å². The van der Waals surface area contributed by atoms with Crippen molar-refractivity contribution in [2.45, 2.75) is 36.3 Å². The Labute approximate surface area is 233 Å². The number of benzene rings is 2. The smallest absolute Gasteiger partial charge is 0.268 e. The third kappa shape index (κ3) is 4.90. The van der Waals surface area contributed by atoms with E-state index in [0.717, 1.165) is 6.07 Å². The summed E-state index contributed by atoms with van der Waals surface area (Å²) in [4.78, 5) is 31.6. The number of nitrogens with zero attached hydrogens (tertiary/aromatic N) is 2. The van der Waals surface area contributed by atoms with Gasteiger partial charge in [-0.1, -0.05) is 18.2 Å². The van der Waals surface area contributed by atoms with Crippen molar-refractivity contribution in [2.24, 2.45) is 11.8 Å². The number of aromatic nitrogens is 1. The van der Waals surface area contributed by atoms with Crippen molar-refractivity contribution >= 4 is 29.1 Å². The van der Waals surface area contributed by atoms with Gasteiger partial charge in [0.1, 0.15) is 11.6 Å². The first kappa shape index (κ1) is 27.9. The van der Waals surface area contributed by atoms with E-state index in [4.69, 9.17) is 16.3 Å². The first-order chi connectivity index (χ1) is 19.1. The molecule has 0 spiro atoms. The van der Waals surface area contributed by atoms with Crippen LogP contribution in [-0.2, 0) is 10.4 Å². The molecule has 3 aromatic rings. The number of fused-ring (bicyclic) bond motifs is 1. The Bertz CT molecular complexity index is 1410. The van der Waals surface area contributed by atoms with Crippen LogP contribution in [0.1, 0.15) is 34.3 Å². The number of pyridine rings is 1. The van der Waals surface area contributed by atoms with Gasteiger partial charge in [0.15, 0.2) is 5.60 Å². The van der Waals surface area contributed by atoms with E-state index >= 15 is 0 Å². The summed E-state index contributed by atoms with van der Waals surface area (Å²) >= 11 is 6.71. The molecule has 0 radical (unpaired) electrons. The Morgan fingerprint density at radius 2 is 1.98 bits per heavy atom. The van der Waals surface area contributed by atoms with Crippen molar-refractivity contribution in [3.63, 3.8) is 0 Å². The molecule has 0 saturated heterocycles. The fourth-order valence-electron chi connectivity index (χ4n) is 5.67. The molecule has 1 saturated carbocycles. The number of halogens is 4. The topological polar surface area (TPSA) is 91.8 Å². The Morgan fingerprint density at radius 3 is 2.65 bits per heavy atom. The summed E-state index contributed by atoms with van der Waals surface area (Å²) in [5.41, 5.74) is -1.88. The zero-order chi connectivity index (χ0) is 28.6. The molecular formula is C29H27ClF3N3O4. The van der Waals surface area contributed by atoms with Crippen LogP contribution in [0.25, 0.3) is 0 Å². The first-order valence-corrected chi connectivity index (χ1v) is 13.2. The van der Waals surface area contributed by atoms with Crippen molar-refractivity contribution in [3.8, 4) is 5.75 Å². The number of alkyl halides is 3. The van der Waals surface area contributed by atoms with E-state index in [-0.39, 0.29) is 41.8 Å². The number of hydrogen-bond acceptors (Lipinski definition) is 5. The van der Waals surface area contributed by atoms with E-state index in [1.165, 1.54) is 54.7 Å². The maximum atomic E-state index is 14.9.